The summed E-state index contributed by atoms with van der Waals surface area (Å²) in [5.41, 5.74) is 0.823. The normalized spacial score (nSPS) is 12.5. The van der Waals surface area contributed by atoms with E-state index in [1.807, 2.05) is 6.07 Å². The van der Waals surface area contributed by atoms with Gasteiger partial charge in [0.05, 0.1) is 12.5 Å². The van der Waals surface area contributed by atoms with E-state index in [9.17, 15) is 4.39 Å². The summed E-state index contributed by atoms with van der Waals surface area (Å²) in [6.07, 6.45) is 3.04. The number of ether oxygens (including phenoxy) is 1. The lowest BCUT2D eigenvalue weighted by molar-refractivity contribution is 0.386. The van der Waals surface area contributed by atoms with Crippen molar-refractivity contribution in [3.8, 4) is 5.75 Å². The lowest BCUT2D eigenvalue weighted by Gasteiger charge is -2.10. The van der Waals surface area contributed by atoms with Gasteiger partial charge < -0.3 is 4.74 Å². The van der Waals surface area contributed by atoms with Crippen molar-refractivity contribution in [3.63, 3.8) is 0 Å². The molecule has 0 saturated carbocycles. The third-order valence-electron chi connectivity index (χ3n) is 2.35. The van der Waals surface area contributed by atoms with Crippen molar-refractivity contribution in [2.24, 2.45) is 0 Å². The monoisotopic (exact) mass is 230 g/mol. The first kappa shape index (κ1) is 12.3. The quantitative estimate of drug-likeness (QED) is 0.685. The molecule has 0 fully saturated rings. The van der Waals surface area contributed by atoms with E-state index in [2.05, 4.69) is 6.92 Å². The molecule has 0 aliphatic carbocycles. The molecule has 0 heterocycles. The Bertz CT molecular complexity index is 314. The van der Waals surface area contributed by atoms with Gasteiger partial charge in [-0.1, -0.05) is 25.8 Å². The SMILES string of the molecule is CCCCC(Cl)c1ccc(OC)c(F)c1. The first-order valence-electron chi connectivity index (χ1n) is 5.16. The van der Waals surface area contributed by atoms with Crippen LogP contribution in [0.3, 0.4) is 0 Å². The van der Waals surface area contributed by atoms with Crippen molar-refractivity contribution in [2.45, 2.75) is 31.6 Å². The van der Waals surface area contributed by atoms with Gasteiger partial charge in [-0.2, -0.15) is 0 Å². The number of hydrogen-bond donors (Lipinski definition) is 0. The van der Waals surface area contributed by atoms with Crippen molar-refractivity contribution in [1.82, 2.24) is 0 Å². The van der Waals surface area contributed by atoms with Crippen LogP contribution in [0.1, 0.15) is 37.1 Å². The maximum absolute atomic E-state index is 13.3. The Hall–Kier alpha value is -0.760. The van der Waals surface area contributed by atoms with Crippen LogP contribution in [0.25, 0.3) is 0 Å². The van der Waals surface area contributed by atoms with Gasteiger partial charge in [-0.3, -0.25) is 0 Å². The lowest BCUT2D eigenvalue weighted by Crippen LogP contribution is -1.94. The van der Waals surface area contributed by atoms with E-state index in [1.165, 1.54) is 13.2 Å². The predicted molar refractivity (Wildman–Crippen MR) is 61.1 cm³/mol. The summed E-state index contributed by atoms with van der Waals surface area (Å²) >= 11 is 6.15. The minimum Gasteiger partial charge on any atom is -0.494 e. The highest BCUT2D eigenvalue weighted by molar-refractivity contribution is 6.20. The van der Waals surface area contributed by atoms with Gasteiger partial charge in [0.15, 0.2) is 11.6 Å². The minimum absolute atomic E-state index is 0.106. The van der Waals surface area contributed by atoms with Crippen LogP contribution in [0.4, 0.5) is 4.39 Å². The van der Waals surface area contributed by atoms with Crippen molar-refractivity contribution in [2.75, 3.05) is 7.11 Å². The topological polar surface area (TPSA) is 9.23 Å². The summed E-state index contributed by atoms with van der Waals surface area (Å²) in [4.78, 5) is 0. The van der Waals surface area contributed by atoms with Crippen LogP contribution in [0.15, 0.2) is 18.2 Å². The second kappa shape index (κ2) is 5.96. The molecule has 0 N–H and O–H groups in total. The Morgan fingerprint density at radius 3 is 2.73 bits per heavy atom. The van der Waals surface area contributed by atoms with Gasteiger partial charge in [-0.15, -0.1) is 11.6 Å². The van der Waals surface area contributed by atoms with Gasteiger partial charge in [-0.25, -0.2) is 4.39 Å². The number of benzene rings is 1. The molecule has 1 aromatic rings. The van der Waals surface area contributed by atoms with E-state index in [4.69, 9.17) is 16.3 Å². The van der Waals surface area contributed by atoms with Crippen LogP contribution in [0.2, 0.25) is 0 Å². The molecule has 1 unspecified atom stereocenters. The van der Waals surface area contributed by atoms with Crippen molar-refractivity contribution in [3.05, 3.63) is 29.6 Å². The second-order valence-corrected chi connectivity index (χ2v) is 4.03. The van der Waals surface area contributed by atoms with Crippen LogP contribution in [0.5, 0.6) is 5.75 Å². The molecule has 84 valence electrons. The fraction of sp³-hybridized carbons (Fsp3) is 0.500. The number of unbranched alkanes of at least 4 members (excludes halogenated alkanes) is 1. The van der Waals surface area contributed by atoms with Crippen LogP contribution in [-0.4, -0.2) is 7.11 Å². The molecule has 0 bridgehead atoms. The summed E-state index contributed by atoms with van der Waals surface area (Å²) in [5.74, 6) is -0.0877. The van der Waals surface area contributed by atoms with E-state index < -0.39 is 0 Å². The summed E-state index contributed by atoms with van der Waals surface area (Å²) in [6, 6.07) is 4.88. The highest BCUT2D eigenvalue weighted by atomic mass is 35.5. The molecule has 1 aromatic carbocycles. The van der Waals surface area contributed by atoms with Crippen LogP contribution in [-0.2, 0) is 0 Å². The molecule has 0 radical (unpaired) electrons. The lowest BCUT2D eigenvalue weighted by atomic mass is 10.1. The number of rotatable bonds is 5. The van der Waals surface area contributed by atoms with Gasteiger partial charge in [0.25, 0.3) is 0 Å². The highest BCUT2D eigenvalue weighted by Crippen LogP contribution is 2.29. The number of methoxy groups -OCH3 is 1. The zero-order chi connectivity index (χ0) is 11.3. The van der Waals surface area contributed by atoms with Crippen LogP contribution in [0, 0.1) is 5.82 Å². The Balaban J connectivity index is 2.73. The van der Waals surface area contributed by atoms with Crippen molar-refractivity contribution < 1.29 is 9.13 Å². The molecule has 0 amide bonds. The first-order chi connectivity index (χ1) is 7.19. The van der Waals surface area contributed by atoms with Gasteiger partial charge in [0, 0.05) is 0 Å². The van der Waals surface area contributed by atoms with E-state index in [0.29, 0.717) is 0 Å². The molecule has 15 heavy (non-hydrogen) atoms. The number of halogens is 2. The molecular weight excluding hydrogens is 215 g/mol. The molecule has 1 rings (SSSR count). The van der Waals surface area contributed by atoms with Gasteiger partial charge in [0.1, 0.15) is 0 Å². The van der Waals surface area contributed by atoms with E-state index >= 15 is 0 Å². The van der Waals surface area contributed by atoms with Crippen LogP contribution >= 0.6 is 11.6 Å². The molecule has 0 aromatic heterocycles. The fourth-order valence-corrected chi connectivity index (χ4v) is 1.72. The summed E-state index contributed by atoms with van der Waals surface area (Å²) in [7, 11) is 1.45. The average Bonchev–Trinajstić information content (AvgIpc) is 2.25. The minimum atomic E-state index is -0.350. The number of hydrogen-bond acceptors (Lipinski definition) is 1. The van der Waals surface area contributed by atoms with Gasteiger partial charge >= 0.3 is 0 Å². The van der Waals surface area contributed by atoms with Gasteiger partial charge in [-0.05, 0) is 24.1 Å². The largest absolute Gasteiger partial charge is 0.494 e. The molecule has 3 heteroatoms. The average molecular weight is 231 g/mol. The predicted octanol–water partition coefficient (Wildman–Crippen LogP) is 4.30. The molecule has 1 atom stereocenters. The Morgan fingerprint density at radius 2 is 2.20 bits per heavy atom. The number of alkyl halides is 1. The maximum Gasteiger partial charge on any atom is 0.165 e. The molecule has 1 nitrogen and oxygen atoms in total. The van der Waals surface area contributed by atoms with E-state index in [1.54, 1.807) is 6.07 Å². The third-order valence-corrected chi connectivity index (χ3v) is 2.82. The zero-order valence-corrected chi connectivity index (χ0v) is 9.85. The molecule has 0 aliphatic heterocycles. The Kier molecular flexibility index (Phi) is 4.89. The molecule has 0 saturated heterocycles. The van der Waals surface area contributed by atoms with Crippen molar-refractivity contribution >= 4 is 11.6 Å². The summed E-state index contributed by atoms with van der Waals surface area (Å²) < 4.78 is 18.2. The Morgan fingerprint density at radius 1 is 1.47 bits per heavy atom. The van der Waals surface area contributed by atoms with Gasteiger partial charge in [0.2, 0.25) is 0 Å². The highest BCUT2D eigenvalue weighted by Gasteiger charge is 2.10. The zero-order valence-electron chi connectivity index (χ0n) is 9.09. The summed E-state index contributed by atoms with van der Waals surface area (Å²) in [5, 5.41) is -0.106. The van der Waals surface area contributed by atoms with Crippen LogP contribution < -0.4 is 4.74 Å². The molecule has 0 aliphatic rings. The first-order valence-corrected chi connectivity index (χ1v) is 5.60. The smallest absolute Gasteiger partial charge is 0.165 e. The van der Waals surface area contributed by atoms with E-state index in [-0.39, 0.29) is 16.9 Å². The molecular formula is C12H16ClFO. The standard InChI is InChI=1S/C12H16ClFO/c1-3-4-5-10(13)9-6-7-12(15-2)11(14)8-9/h6-8,10H,3-5H2,1-2H3. The molecule has 0 spiro atoms. The third kappa shape index (κ3) is 3.38. The van der Waals surface area contributed by atoms with Crippen molar-refractivity contribution in [1.29, 1.82) is 0 Å². The summed E-state index contributed by atoms with van der Waals surface area (Å²) in [6.45, 7) is 2.11. The maximum atomic E-state index is 13.3. The Labute approximate surface area is 95.2 Å². The second-order valence-electron chi connectivity index (χ2n) is 3.50. The van der Waals surface area contributed by atoms with E-state index in [0.717, 1.165) is 24.8 Å². The fourth-order valence-electron chi connectivity index (χ4n) is 1.43.